The van der Waals surface area contributed by atoms with E-state index < -0.39 is 5.97 Å². The van der Waals surface area contributed by atoms with Crippen LogP contribution < -0.4 is 18.9 Å². The lowest BCUT2D eigenvalue weighted by molar-refractivity contribution is 0.0734. The number of carbonyl (C=O) groups is 2. The van der Waals surface area contributed by atoms with Crippen molar-refractivity contribution in [2.75, 3.05) is 14.2 Å². The van der Waals surface area contributed by atoms with Gasteiger partial charge in [-0.2, -0.15) is 0 Å². The molecule has 156 valence electrons. The van der Waals surface area contributed by atoms with E-state index in [9.17, 15) is 9.59 Å². The minimum absolute atomic E-state index is 0.156. The second-order valence-corrected chi connectivity index (χ2v) is 7.05. The number of carbonyl (C=O) groups excluding carboxylic acids is 2. The maximum atomic E-state index is 12.7. The third kappa shape index (κ3) is 4.25. The fourth-order valence-corrected chi connectivity index (χ4v) is 3.20. The molecule has 4 rings (SSSR count). The van der Waals surface area contributed by atoms with Gasteiger partial charge in [0.2, 0.25) is 5.78 Å². The van der Waals surface area contributed by atoms with E-state index in [1.54, 1.807) is 67.8 Å². The van der Waals surface area contributed by atoms with Crippen molar-refractivity contribution < 1.29 is 28.5 Å². The third-order valence-electron chi connectivity index (χ3n) is 4.64. The molecule has 1 aliphatic rings. The van der Waals surface area contributed by atoms with Crippen molar-refractivity contribution in [3.05, 3.63) is 88.1 Å². The van der Waals surface area contributed by atoms with E-state index in [2.05, 4.69) is 0 Å². The summed E-state index contributed by atoms with van der Waals surface area (Å²) in [5.74, 6) is 1.05. The fraction of sp³-hybridized carbons (Fsp3) is 0.0833. The minimum atomic E-state index is -0.540. The number of ketones is 1. The summed E-state index contributed by atoms with van der Waals surface area (Å²) in [5.41, 5.74) is 1.46. The maximum Gasteiger partial charge on any atom is 0.343 e. The topological polar surface area (TPSA) is 71.1 Å². The molecule has 3 aromatic carbocycles. The number of hydrogen-bond acceptors (Lipinski definition) is 6. The van der Waals surface area contributed by atoms with Crippen LogP contribution in [0.15, 0.2) is 66.4 Å². The van der Waals surface area contributed by atoms with Crippen LogP contribution in [-0.4, -0.2) is 26.0 Å². The van der Waals surface area contributed by atoms with Gasteiger partial charge in [0.1, 0.15) is 11.5 Å². The van der Waals surface area contributed by atoms with E-state index in [1.807, 2.05) is 0 Å². The predicted octanol–water partition coefficient (Wildman–Crippen LogP) is 5.19. The second-order valence-electron chi connectivity index (χ2n) is 6.61. The van der Waals surface area contributed by atoms with Gasteiger partial charge in [0, 0.05) is 11.1 Å². The van der Waals surface area contributed by atoms with Crippen molar-refractivity contribution in [1.82, 2.24) is 0 Å². The smallest absolute Gasteiger partial charge is 0.343 e. The molecule has 0 atom stereocenters. The molecule has 0 radical (unpaired) electrons. The lowest BCUT2D eigenvalue weighted by Gasteiger charge is -2.08. The van der Waals surface area contributed by atoms with Gasteiger partial charge in [-0.1, -0.05) is 17.7 Å². The molecule has 0 unspecified atom stereocenters. The number of ether oxygens (including phenoxy) is 4. The summed E-state index contributed by atoms with van der Waals surface area (Å²) in [6.07, 6.45) is 1.61. The van der Waals surface area contributed by atoms with Gasteiger partial charge in [0.25, 0.3) is 0 Å². The zero-order valence-corrected chi connectivity index (χ0v) is 17.4. The Kier molecular flexibility index (Phi) is 5.64. The molecule has 0 aliphatic carbocycles. The molecule has 0 amide bonds. The molecule has 0 saturated heterocycles. The summed E-state index contributed by atoms with van der Waals surface area (Å²) in [5, 5.41) is 0.523. The lowest BCUT2D eigenvalue weighted by Crippen LogP contribution is -2.08. The number of rotatable bonds is 5. The molecule has 1 aliphatic heterocycles. The highest BCUT2D eigenvalue weighted by molar-refractivity contribution is 6.30. The van der Waals surface area contributed by atoms with Crippen LogP contribution in [0.5, 0.6) is 23.0 Å². The Labute approximate surface area is 183 Å². The molecule has 1 heterocycles. The van der Waals surface area contributed by atoms with Gasteiger partial charge >= 0.3 is 5.97 Å². The normalized spacial score (nSPS) is 13.5. The first-order chi connectivity index (χ1) is 15.0. The summed E-state index contributed by atoms with van der Waals surface area (Å²) in [7, 11) is 3.09. The molecule has 0 fully saturated rings. The first-order valence-electron chi connectivity index (χ1n) is 9.26. The number of halogens is 1. The summed E-state index contributed by atoms with van der Waals surface area (Å²) >= 11 is 5.84. The second kappa shape index (κ2) is 8.53. The Balaban J connectivity index is 1.55. The molecule has 0 N–H and O–H groups in total. The highest BCUT2D eigenvalue weighted by Crippen LogP contribution is 2.36. The van der Waals surface area contributed by atoms with Crippen molar-refractivity contribution >= 4 is 29.4 Å². The van der Waals surface area contributed by atoms with Crippen molar-refractivity contribution in [1.29, 1.82) is 0 Å². The molecular weight excluding hydrogens is 420 g/mol. The molecule has 0 bridgehead atoms. The largest absolute Gasteiger partial charge is 0.493 e. The Morgan fingerprint density at radius 3 is 2.39 bits per heavy atom. The third-order valence-corrected chi connectivity index (χ3v) is 4.89. The molecule has 31 heavy (non-hydrogen) atoms. The average Bonchev–Trinajstić information content (AvgIpc) is 3.08. The Morgan fingerprint density at radius 1 is 0.935 bits per heavy atom. The van der Waals surface area contributed by atoms with Crippen molar-refractivity contribution in [2.24, 2.45) is 0 Å². The first-order valence-corrected chi connectivity index (χ1v) is 9.64. The number of benzene rings is 3. The van der Waals surface area contributed by atoms with E-state index in [-0.39, 0.29) is 17.3 Å². The lowest BCUT2D eigenvalue weighted by atomic mass is 10.1. The number of fused-ring (bicyclic) bond motifs is 1. The monoisotopic (exact) mass is 436 g/mol. The average molecular weight is 437 g/mol. The molecule has 0 aromatic heterocycles. The van der Waals surface area contributed by atoms with Gasteiger partial charge in [0.05, 0.1) is 25.3 Å². The predicted molar refractivity (Wildman–Crippen MR) is 115 cm³/mol. The Bertz CT molecular complexity index is 1200. The van der Waals surface area contributed by atoms with Gasteiger partial charge in [-0.15, -0.1) is 0 Å². The summed E-state index contributed by atoms with van der Waals surface area (Å²) in [6, 6.07) is 16.2. The highest BCUT2D eigenvalue weighted by atomic mass is 35.5. The molecular formula is C24H17ClO6. The van der Waals surface area contributed by atoms with Crippen LogP contribution in [0, 0.1) is 0 Å². The molecule has 7 heteroatoms. The summed E-state index contributed by atoms with van der Waals surface area (Å²) < 4.78 is 21.6. The molecule has 0 spiro atoms. The van der Waals surface area contributed by atoms with Crippen LogP contribution in [0.25, 0.3) is 6.08 Å². The number of esters is 1. The first kappa shape index (κ1) is 20.5. The van der Waals surface area contributed by atoms with Crippen molar-refractivity contribution in [3.8, 4) is 23.0 Å². The van der Waals surface area contributed by atoms with Gasteiger partial charge < -0.3 is 18.9 Å². The maximum absolute atomic E-state index is 12.7. The van der Waals surface area contributed by atoms with Crippen LogP contribution in [-0.2, 0) is 0 Å². The highest BCUT2D eigenvalue weighted by Gasteiger charge is 2.28. The minimum Gasteiger partial charge on any atom is -0.493 e. The van der Waals surface area contributed by atoms with Gasteiger partial charge in [0.15, 0.2) is 17.3 Å². The van der Waals surface area contributed by atoms with Crippen molar-refractivity contribution in [2.45, 2.75) is 0 Å². The Morgan fingerprint density at radius 2 is 1.68 bits per heavy atom. The van der Waals surface area contributed by atoms with E-state index in [0.717, 1.165) is 0 Å². The van der Waals surface area contributed by atoms with Crippen LogP contribution in [0.4, 0.5) is 0 Å². The standard InChI is InChI=1S/C24H17ClO6/c1-28-19-10-3-14(11-21(19)29-2)12-22-23(26)18-9-8-17(13-20(18)31-22)30-24(27)15-4-6-16(25)7-5-15/h3-13H,1-2H3/b22-12-. The molecule has 0 saturated carbocycles. The summed E-state index contributed by atoms with van der Waals surface area (Å²) in [4.78, 5) is 25.0. The van der Waals surface area contributed by atoms with Gasteiger partial charge in [-0.25, -0.2) is 4.79 Å². The SMILES string of the molecule is COc1ccc(/C=C2\Oc3cc(OC(=O)c4ccc(Cl)cc4)ccc3C2=O)cc1OC. The molecule has 6 nitrogen and oxygen atoms in total. The Hall–Kier alpha value is -3.77. The number of methoxy groups -OCH3 is 2. The molecule has 3 aromatic rings. The van der Waals surface area contributed by atoms with Crippen LogP contribution in [0.1, 0.15) is 26.3 Å². The zero-order chi connectivity index (χ0) is 22.0. The van der Waals surface area contributed by atoms with E-state index in [0.29, 0.717) is 39.0 Å². The van der Waals surface area contributed by atoms with Crippen LogP contribution in [0.3, 0.4) is 0 Å². The van der Waals surface area contributed by atoms with E-state index in [4.69, 9.17) is 30.5 Å². The number of Topliss-reactive ketones (excluding diaryl/α,β-unsaturated/α-hetero) is 1. The fourth-order valence-electron chi connectivity index (χ4n) is 3.08. The van der Waals surface area contributed by atoms with Crippen molar-refractivity contribution in [3.63, 3.8) is 0 Å². The number of hydrogen-bond donors (Lipinski definition) is 0. The van der Waals surface area contributed by atoms with Gasteiger partial charge in [-0.3, -0.25) is 4.79 Å². The number of allylic oxidation sites excluding steroid dienone is 1. The van der Waals surface area contributed by atoms with E-state index >= 15 is 0 Å². The quantitative estimate of drug-likeness (QED) is 0.311. The van der Waals surface area contributed by atoms with Crippen LogP contribution >= 0.6 is 11.6 Å². The summed E-state index contributed by atoms with van der Waals surface area (Å²) in [6.45, 7) is 0. The van der Waals surface area contributed by atoms with E-state index in [1.165, 1.54) is 13.2 Å². The zero-order valence-electron chi connectivity index (χ0n) is 16.7. The van der Waals surface area contributed by atoms with Crippen LogP contribution in [0.2, 0.25) is 5.02 Å². The van der Waals surface area contributed by atoms with Gasteiger partial charge in [-0.05, 0) is 60.2 Å².